The number of nitrogens with zero attached hydrogens (tertiary/aromatic N) is 3. The molecule has 0 spiro atoms. The van der Waals surface area contributed by atoms with E-state index in [9.17, 15) is 8.42 Å². The molecule has 6 nitrogen and oxygen atoms in total. The number of hydroxylamine groups is 1. The summed E-state index contributed by atoms with van der Waals surface area (Å²) in [6.07, 6.45) is 2.06. The van der Waals surface area contributed by atoms with Gasteiger partial charge in [0.15, 0.2) is 0 Å². The lowest BCUT2D eigenvalue weighted by atomic mass is 10.7. The van der Waals surface area contributed by atoms with E-state index in [1.54, 1.807) is 0 Å². The molecule has 1 rings (SSSR count). The van der Waals surface area contributed by atoms with Crippen LogP contribution in [0.4, 0.5) is 0 Å². The summed E-state index contributed by atoms with van der Waals surface area (Å²) in [6.45, 7) is 1.44. The van der Waals surface area contributed by atoms with Gasteiger partial charge in [0, 0.05) is 6.54 Å². The summed E-state index contributed by atoms with van der Waals surface area (Å²) in [4.78, 5) is 6.80. The van der Waals surface area contributed by atoms with E-state index in [4.69, 9.17) is 16.8 Å². The SMILES string of the molecule is CCN(O)S(=O)(=O)c1cnc(Cl)nc1. The first-order chi connectivity index (χ1) is 6.48. The van der Waals surface area contributed by atoms with Crippen molar-refractivity contribution in [2.75, 3.05) is 6.54 Å². The molecular formula is C6H8ClN3O3S. The normalized spacial score (nSPS) is 12.0. The molecule has 0 saturated carbocycles. The second-order valence-electron chi connectivity index (χ2n) is 2.33. The average molecular weight is 238 g/mol. The van der Waals surface area contributed by atoms with Crippen molar-refractivity contribution < 1.29 is 13.6 Å². The van der Waals surface area contributed by atoms with Crippen molar-refractivity contribution in [1.29, 1.82) is 0 Å². The fourth-order valence-corrected chi connectivity index (χ4v) is 1.78. The zero-order chi connectivity index (χ0) is 10.8. The maximum absolute atomic E-state index is 11.4. The summed E-state index contributed by atoms with van der Waals surface area (Å²) in [7, 11) is -3.90. The summed E-state index contributed by atoms with van der Waals surface area (Å²) in [5.74, 6) is 0. The average Bonchev–Trinajstić information content (AvgIpc) is 2.17. The lowest BCUT2D eigenvalue weighted by molar-refractivity contribution is 0.00853. The van der Waals surface area contributed by atoms with Crippen molar-refractivity contribution >= 4 is 21.6 Å². The summed E-state index contributed by atoms with van der Waals surface area (Å²) < 4.78 is 23.1. The van der Waals surface area contributed by atoms with Crippen LogP contribution < -0.4 is 0 Å². The topological polar surface area (TPSA) is 83.4 Å². The molecule has 0 aromatic carbocycles. The number of hydrogen-bond acceptors (Lipinski definition) is 5. The molecule has 0 aliphatic heterocycles. The fraction of sp³-hybridized carbons (Fsp3) is 0.333. The molecule has 1 aromatic heterocycles. The van der Waals surface area contributed by atoms with Gasteiger partial charge in [0.05, 0.1) is 12.4 Å². The third kappa shape index (κ3) is 2.18. The van der Waals surface area contributed by atoms with E-state index in [2.05, 4.69) is 9.97 Å². The summed E-state index contributed by atoms with van der Waals surface area (Å²) >= 11 is 5.38. The Bertz CT molecular complexity index is 405. The van der Waals surface area contributed by atoms with Crippen LogP contribution in [0.25, 0.3) is 0 Å². The Hall–Kier alpha value is -0.760. The Morgan fingerprint density at radius 3 is 2.43 bits per heavy atom. The predicted octanol–water partition coefficient (Wildman–Crippen LogP) is 0.530. The summed E-state index contributed by atoms with van der Waals surface area (Å²) in [6, 6.07) is 0. The second kappa shape index (κ2) is 4.18. The van der Waals surface area contributed by atoms with Gasteiger partial charge in [-0.15, -0.1) is 0 Å². The van der Waals surface area contributed by atoms with Gasteiger partial charge in [-0.2, -0.15) is 0 Å². The van der Waals surface area contributed by atoms with Gasteiger partial charge in [-0.05, 0) is 18.5 Å². The highest BCUT2D eigenvalue weighted by Gasteiger charge is 2.21. The molecule has 0 fully saturated rings. The van der Waals surface area contributed by atoms with Crippen molar-refractivity contribution in [3.05, 3.63) is 17.7 Å². The van der Waals surface area contributed by atoms with Crippen LogP contribution in [0, 0.1) is 0 Å². The number of hydrogen-bond donors (Lipinski definition) is 1. The minimum atomic E-state index is -3.90. The van der Waals surface area contributed by atoms with E-state index in [0.29, 0.717) is 0 Å². The molecule has 0 atom stereocenters. The molecule has 1 heterocycles. The van der Waals surface area contributed by atoms with Crippen LogP contribution in [0.5, 0.6) is 0 Å². The van der Waals surface area contributed by atoms with Crippen LogP contribution in [0.15, 0.2) is 17.3 Å². The van der Waals surface area contributed by atoms with Gasteiger partial charge < -0.3 is 0 Å². The van der Waals surface area contributed by atoms with Gasteiger partial charge in [-0.3, -0.25) is 5.21 Å². The van der Waals surface area contributed by atoms with E-state index in [1.165, 1.54) is 6.92 Å². The number of rotatable bonds is 3. The fourth-order valence-electron chi connectivity index (χ4n) is 0.725. The van der Waals surface area contributed by atoms with Crippen molar-refractivity contribution in [1.82, 2.24) is 14.4 Å². The first-order valence-electron chi connectivity index (χ1n) is 3.67. The molecule has 0 aliphatic rings. The zero-order valence-corrected chi connectivity index (χ0v) is 8.83. The van der Waals surface area contributed by atoms with E-state index in [1.807, 2.05) is 0 Å². The first-order valence-corrected chi connectivity index (χ1v) is 5.49. The van der Waals surface area contributed by atoms with Crippen LogP contribution in [0.2, 0.25) is 5.28 Å². The molecule has 0 saturated heterocycles. The molecule has 8 heteroatoms. The Morgan fingerprint density at radius 1 is 1.50 bits per heavy atom. The van der Waals surface area contributed by atoms with Crippen molar-refractivity contribution in [2.24, 2.45) is 0 Å². The quantitative estimate of drug-likeness (QED) is 0.612. The Kier molecular flexibility index (Phi) is 3.38. The third-order valence-electron chi connectivity index (χ3n) is 1.44. The molecule has 14 heavy (non-hydrogen) atoms. The third-order valence-corrected chi connectivity index (χ3v) is 3.26. The van der Waals surface area contributed by atoms with Crippen molar-refractivity contribution in [3.8, 4) is 0 Å². The maximum Gasteiger partial charge on any atom is 0.267 e. The van der Waals surface area contributed by atoms with E-state index in [0.717, 1.165) is 12.4 Å². The molecule has 0 unspecified atom stereocenters. The Morgan fingerprint density at radius 2 is 2.00 bits per heavy atom. The van der Waals surface area contributed by atoms with Gasteiger partial charge in [0.1, 0.15) is 4.90 Å². The monoisotopic (exact) mass is 237 g/mol. The smallest absolute Gasteiger partial charge is 0.267 e. The van der Waals surface area contributed by atoms with Crippen molar-refractivity contribution in [2.45, 2.75) is 11.8 Å². The zero-order valence-electron chi connectivity index (χ0n) is 7.25. The molecule has 0 bridgehead atoms. The van der Waals surface area contributed by atoms with Gasteiger partial charge >= 0.3 is 0 Å². The van der Waals surface area contributed by atoms with E-state index in [-0.39, 0.29) is 21.2 Å². The number of sulfonamides is 1. The highest BCUT2D eigenvalue weighted by atomic mass is 35.5. The van der Waals surface area contributed by atoms with Gasteiger partial charge in [-0.25, -0.2) is 18.4 Å². The van der Waals surface area contributed by atoms with E-state index < -0.39 is 10.0 Å². The second-order valence-corrected chi connectivity index (χ2v) is 4.51. The summed E-state index contributed by atoms with van der Waals surface area (Å²) in [5, 5.41) is 9.01. The highest BCUT2D eigenvalue weighted by molar-refractivity contribution is 7.89. The largest absolute Gasteiger partial charge is 0.299 e. The Labute approximate surface area is 86.2 Å². The van der Waals surface area contributed by atoms with Gasteiger partial charge in [-0.1, -0.05) is 4.47 Å². The van der Waals surface area contributed by atoms with Crippen LogP contribution in [-0.4, -0.2) is 34.6 Å². The highest BCUT2D eigenvalue weighted by Crippen LogP contribution is 2.12. The molecule has 0 amide bonds. The lowest BCUT2D eigenvalue weighted by Gasteiger charge is -2.11. The predicted molar refractivity (Wildman–Crippen MR) is 48.4 cm³/mol. The van der Waals surface area contributed by atoms with Gasteiger partial charge in [0.2, 0.25) is 5.28 Å². The minimum absolute atomic E-state index is 0.0506. The molecular weight excluding hydrogens is 230 g/mol. The van der Waals surface area contributed by atoms with Crippen LogP contribution in [-0.2, 0) is 10.0 Å². The minimum Gasteiger partial charge on any atom is -0.299 e. The first kappa shape index (κ1) is 11.3. The molecule has 0 radical (unpaired) electrons. The molecule has 78 valence electrons. The molecule has 1 aromatic rings. The number of aromatic nitrogens is 2. The molecule has 0 aliphatic carbocycles. The molecule has 1 N–H and O–H groups in total. The maximum atomic E-state index is 11.4. The number of halogens is 1. The van der Waals surface area contributed by atoms with Crippen LogP contribution >= 0.6 is 11.6 Å². The van der Waals surface area contributed by atoms with Gasteiger partial charge in [0.25, 0.3) is 10.0 Å². The summed E-state index contributed by atoms with van der Waals surface area (Å²) in [5.41, 5.74) is 0. The Balaban J connectivity index is 3.11. The van der Waals surface area contributed by atoms with Crippen molar-refractivity contribution in [3.63, 3.8) is 0 Å². The van der Waals surface area contributed by atoms with E-state index >= 15 is 0 Å². The lowest BCUT2D eigenvalue weighted by Crippen LogP contribution is -2.27. The standard InChI is InChI=1S/C6H8ClN3O3S/c1-2-10(11)14(12,13)5-3-8-6(7)9-4-5/h3-4,11H,2H2,1H3. The van der Waals surface area contributed by atoms with Crippen LogP contribution in [0.3, 0.4) is 0 Å². The van der Waals surface area contributed by atoms with Crippen LogP contribution in [0.1, 0.15) is 6.92 Å².